The lowest BCUT2D eigenvalue weighted by molar-refractivity contribution is -0.117. The predicted octanol–water partition coefficient (Wildman–Crippen LogP) is 5.07. The van der Waals surface area contributed by atoms with Crippen molar-refractivity contribution in [3.05, 3.63) is 77.0 Å². The predicted molar refractivity (Wildman–Crippen MR) is 141 cm³/mol. The summed E-state index contributed by atoms with van der Waals surface area (Å²) in [7, 11) is 0. The molecule has 0 radical (unpaired) electrons. The van der Waals surface area contributed by atoms with Crippen LogP contribution in [0.3, 0.4) is 0 Å². The molecule has 2 aromatic heterocycles. The van der Waals surface area contributed by atoms with Gasteiger partial charge in [0, 0.05) is 24.4 Å². The van der Waals surface area contributed by atoms with Crippen molar-refractivity contribution in [1.82, 2.24) is 15.0 Å². The number of carbonyl (C=O) groups is 2. The Bertz CT molecular complexity index is 1440. The molecule has 190 valence electrons. The molecule has 0 saturated carbocycles. The van der Waals surface area contributed by atoms with Crippen LogP contribution in [-0.4, -0.2) is 52.7 Å². The zero-order valence-corrected chi connectivity index (χ0v) is 21.3. The lowest BCUT2D eigenvalue weighted by Crippen LogP contribution is -2.42. The molecule has 4 aromatic rings. The van der Waals surface area contributed by atoms with Crippen molar-refractivity contribution < 1.29 is 18.8 Å². The molecule has 8 nitrogen and oxygen atoms in total. The van der Waals surface area contributed by atoms with Crippen LogP contribution in [-0.2, 0) is 9.53 Å². The van der Waals surface area contributed by atoms with Crippen LogP contribution < -0.4 is 5.32 Å². The number of anilines is 1. The fourth-order valence-corrected chi connectivity index (χ4v) is 4.69. The fourth-order valence-electron chi connectivity index (χ4n) is 4.69. The standard InChI is InChI=1S/C29H30N4O4/c1-18-9-7-13-24(19(18)2)30-26(34)17-33(16-22-12-8-14-36-22)29(35)23-15-25(21-10-5-4-6-11-21)31-28-27(23)20(3)32-37-28/h4-7,9-11,13,15,22H,8,12,14,16-17H2,1-3H3,(H,30,34). The lowest BCUT2D eigenvalue weighted by atomic mass is 10.0. The van der Waals surface area contributed by atoms with Gasteiger partial charge in [-0.3, -0.25) is 9.59 Å². The number of fused-ring (bicyclic) bond motifs is 1. The molecule has 1 atom stereocenters. The van der Waals surface area contributed by atoms with Gasteiger partial charge in [-0.15, -0.1) is 0 Å². The van der Waals surface area contributed by atoms with E-state index >= 15 is 0 Å². The number of nitrogens with one attached hydrogen (secondary N) is 1. The molecule has 37 heavy (non-hydrogen) atoms. The Morgan fingerprint density at radius 3 is 2.65 bits per heavy atom. The number of benzene rings is 2. The van der Waals surface area contributed by atoms with Crippen LogP contribution in [0.25, 0.3) is 22.4 Å². The molecule has 1 unspecified atom stereocenters. The molecule has 0 spiro atoms. The first-order valence-corrected chi connectivity index (χ1v) is 12.5. The molecule has 3 heterocycles. The normalized spacial score (nSPS) is 15.2. The molecule has 1 saturated heterocycles. The number of aryl methyl sites for hydroxylation is 2. The van der Waals surface area contributed by atoms with Gasteiger partial charge < -0.3 is 19.5 Å². The monoisotopic (exact) mass is 498 g/mol. The minimum Gasteiger partial charge on any atom is -0.376 e. The highest BCUT2D eigenvalue weighted by molar-refractivity contribution is 6.08. The van der Waals surface area contributed by atoms with Crippen molar-refractivity contribution in [2.45, 2.75) is 39.7 Å². The Kier molecular flexibility index (Phi) is 7.01. The Hall–Kier alpha value is -4.04. The van der Waals surface area contributed by atoms with Crippen molar-refractivity contribution in [3.63, 3.8) is 0 Å². The van der Waals surface area contributed by atoms with Gasteiger partial charge in [0.05, 0.1) is 28.4 Å². The second kappa shape index (κ2) is 10.5. The number of nitrogens with zero attached hydrogens (tertiary/aromatic N) is 3. The van der Waals surface area contributed by atoms with Gasteiger partial charge in [-0.2, -0.15) is 0 Å². The maximum Gasteiger partial charge on any atom is 0.259 e. The first-order valence-electron chi connectivity index (χ1n) is 12.5. The van der Waals surface area contributed by atoms with Crippen molar-refractivity contribution >= 4 is 28.6 Å². The highest BCUT2D eigenvalue weighted by Crippen LogP contribution is 2.28. The molecule has 2 amide bonds. The van der Waals surface area contributed by atoms with Crippen molar-refractivity contribution in [2.75, 3.05) is 25.0 Å². The molecule has 2 aromatic carbocycles. The number of hydrogen-bond donors (Lipinski definition) is 1. The minimum atomic E-state index is -0.289. The average molecular weight is 499 g/mol. The van der Waals surface area contributed by atoms with Crippen molar-refractivity contribution in [3.8, 4) is 11.3 Å². The summed E-state index contributed by atoms with van der Waals surface area (Å²) in [6.07, 6.45) is 1.66. The molecular weight excluding hydrogens is 468 g/mol. The van der Waals surface area contributed by atoms with E-state index in [1.807, 2.05) is 62.4 Å². The van der Waals surface area contributed by atoms with Gasteiger partial charge in [-0.1, -0.05) is 47.6 Å². The molecule has 1 aliphatic rings. The largest absolute Gasteiger partial charge is 0.376 e. The van der Waals surface area contributed by atoms with Gasteiger partial charge in [0.25, 0.3) is 11.6 Å². The quantitative estimate of drug-likeness (QED) is 0.382. The maximum atomic E-state index is 14.1. The molecule has 0 bridgehead atoms. The summed E-state index contributed by atoms with van der Waals surface area (Å²) in [5.41, 5.74) is 5.54. The van der Waals surface area contributed by atoms with E-state index in [1.165, 1.54) is 0 Å². The van der Waals surface area contributed by atoms with E-state index in [9.17, 15) is 9.59 Å². The Balaban J connectivity index is 1.49. The highest BCUT2D eigenvalue weighted by Gasteiger charge is 2.28. The van der Waals surface area contributed by atoms with Crippen LogP contribution in [0.4, 0.5) is 5.69 Å². The maximum absolute atomic E-state index is 14.1. The first kappa shape index (κ1) is 24.6. The van der Waals surface area contributed by atoms with E-state index < -0.39 is 0 Å². The third kappa shape index (κ3) is 5.24. The molecule has 8 heteroatoms. The van der Waals surface area contributed by atoms with Crippen LogP contribution in [0.15, 0.2) is 59.1 Å². The number of carbonyl (C=O) groups excluding carboxylic acids is 2. The van der Waals surface area contributed by atoms with Gasteiger partial charge >= 0.3 is 0 Å². The number of hydrogen-bond acceptors (Lipinski definition) is 6. The highest BCUT2D eigenvalue weighted by atomic mass is 16.5. The first-order chi connectivity index (χ1) is 17.9. The number of rotatable bonds is 7. The summed E-state index contributed by atoms with van der Waals surface area (Å²) >= 11 is 0. The fraction of sp³-hybridized carbons (Fsp3) is 0.310. The number of pyridine rings is 1. The second-order valence-electron chi connectivity index (χ2n) is 9.49. The average Bonchev–Trinajstić information content (AvgIpc) is 3.56. The van der Waals surface area contributed by atoms with Crippen LogP contribution in [0.2, 0.25) is 0 Å². The Morgan fingerprint density at radius 1 is 1.08 bits per heavy atom. The van der Waals surface area contributed by atoms with Crippen LogP contribution in [0, 0.1) is 20.8 Å². The van der Waals surface area contributed by atoms with Gasteiger partial charge in [0.15, 0.2) is 0 Å². The van der Waals surface area contributed by atoms with Crippen LogP contribution >= 0.6 is 0 Å². The minimum absolute atomic E-state index is 0.110. The summed E-state index contributed by atoms with van der Waals surface area (Å²) in [5, 5.41) is 7.59. The summed E-state index contributed by atoms with van der Waals surface area (Å²) < 4.78 is 11.3. The van der Waals surface area contributed by atoms with E-state index in [4.69, 9.17) is 9.26 Å². The van der Waals surface area contributed by atoms with E-state index in [0.717, 1.165) is 35.2 Å². The molecular formula is C29H30N4O4. The summed E-state index contributed by atoms with van der Waals surface area (Å²) in [5.74, 6) is -0.557. The molecule has 1 N–H and O–H groups in total. The van der Waals surface area contributed by atoms with Crippen molar-refractivity contribution in [2.24, 2.45) is 0 Å². The van der Waals surface area contributed by atoms with E-state index in [-0.39, 0.29) is 24.5 Å². The van der Waals surface area contributed by atoms with Crippen molar-refractivity contribution in [1.29, 1.82) is 0 Å². The number of ether oxygens (including phenoxy) is 1. The summed E-state index contributed by atoms with van der Waals surface area (Å²) in [4.78, 5) is 33.4. The van der Waals surface area contributed by atoms with Crippen LogP contribution in [0.5, 0.6) is 0 Å². The topological polar surface area (TPSA) is 97.6 Å². The van der Waals surface area contributed by atoms with E-state index in [2.05, 4.69) is 15.5 Å². The van der Waals surface area contributed by atoms with Gasteiger partial charge in [-0.05, 0) is 56.9 Å². The van der Waals surface area contributed by atoms with Gasteiger partial charge in [0.2, 0.25) is 5.91 Å². The third-order valence-corrected chi connectivity index (χ3v) is 6.87. The van der Waals surface area contributed by atoms with Gasteiger partial charge in [0.1, 0.15) is 6.54 Å². The van der Waals surface area contributed by atoms with Gasteiger partial charge in [-0.25, -0.2) is 4.98 Å². The molecule has 1 aliphatic heterocycles. The smallest absolute Gasteiger partial charge is 0.259 e. The van der Waals surface area contributed by atoms with Crippen LogP contribution in [0.1, 0.15) is 40.0 Å². The molecule has 1 fully saturated rings. The Labute approximate surface area is 215 Å². The van der Waals surface area contributed by atoms with E-state index in [1.54, 1.807) is 17.9 Å². The number of aromatic nitrogens is 2. The lowest BCUT2D eigenvalue weighted by Gasteiger charge is -2.25. The second-order valence-corrected chi connectivity index (χ2v) is 9.49. The Morgan fingerprint density at radius 2 is 1.89 bits per heavy atom. The SMILES string of the molecule is Cc1cccc(NC(=O)CN(CC2CCCO2)C(=O)c2cc(-c3ccccc3)nc3onc(C)c23)c1C. The molecule has 0 aliphatic carbocycles. The molecule has 5 rings (SSSR count). The summed E-state index contributed by atoms with van der Waals surface area (Å²) in [6.45, 7) is 6.61. The van der Waals surface area contributed by atoms with E-state index in [0.29, 0.717) is 41.2 Å². The number of amides is 2. The zero-order valence-electron chi connectivity index (χ0n) is 21.3. The zero-order chi connectivity index (χ0) is 25.9. The third-order valence-electron chi connectivity index (χ3n) is 6.87. The summed E-state index contributed by atoms with van der Waals surface area (Å²) in [6, 6.07) is 17.1.